The molecule has 2 nitrogen and oxygen atoms in total. The highest BCUT2D eigenvalue weighted by Crippen LogP contribution is 2.28. The number of nitrogens with two attached hydrogens (primary N) is 1. The summed E-state index contributed by atoms with van der Waals surface area (Å²) < 4.78 is 25.3. The Morgan fingerprint density at radius 1 is 1.33 bits per heavy atom. The summed E-state index contributed by atoms with van der Waals surface area (Å²) >= 11 is 0. The van der Waals surface area contributed by atoms with Crippen LogP contribution in [0.5, 0.6) is 0 Å². The van der Waals surface area contributed by atoms with Crippen molar-refractivity contribution in [3.8, 4) is 0 Å². The fourth-order valence-electron chi connectivity index (χ4n) is 1.24. The second-order valence-electron chi connectivity index (χ2n) is 3.92. The van der Waals surface area contributed by atoms with E-state index in [1.165, 1.54) is 6.07 Å². The van der Waals surface area contributed by atoms with E-state index in [-0.39, 0.29) is 5.56 Å². The number of hydrogen-bond acceptors (Lipinski definition) is 2. The predicted molar refractivity (Wildman–Crippen MR) is 59.1 cm³/mol. The van der Waals surface area contributed by atoms with E-state index in [2.05, 4.69) is 5.32 Å². The summed E-state index contributed by atoms with van der Waals surface area (Å²) in [4.78, 5) is 0. The van der Waals surface area contributed by atoms with Crippen LogP contribution < -0.4 is 11.1 Å². The van der Waals surface area contributed by atoms with Gasteiger partial charge in [-0.05, 0) is 24.1 Å². The van der Waals surface area contributed by atoms with Gasteiger partial charge in [0.2, 0.25) is 0 Å². The highest BCUT2D eigenvalue weighted by Gasteiger charge is 2.13. The number of benzene rings is 1. The van der Waals surface area contributed by atoms with Gasteiger partial charge >= 0.3 is 0 Å². The fourth-order valence-corrected chi connectivity index (χ4v) is 1.24. The minimum absolute atomic E-state index is 0.0318. The van der Waals surface area contributed by atoms with E-state index in [4.69, 9.17) is 5.73 Å². The molecule has 0 spiro atoms. The quantitative estimate of drug-likeness (QED) is 0.755. The van der Waals surface area contributed by atoms with Gasteiger partial charge in [-0.25, -0.2) is 8.78 Å². The third-order valence-corrected chi connectivity index (χ3v) is 2.01. The smallest absolute Gasteiger partial charge is 0.265 e. The van der Waals surface area contributed by atoms with Crippen LogP contribution in [0.2, 0.25) is 0 Å². The van der Waals surface area contributed by atoms with Crippen molar-refractivity contribution in [1.29, 1.82) is 0 Å². The van der Waals surface area contributed by atoms with Crippen molar-refractivity contribution in [3.05, 3.63) is 23.8 Å². The number of anilines is 2. The van der Waals surface area contributed by atoms with Gasteiger partial charge in [-0.1, -0.05) is 13.8 Å². The van der Waals surface area contributed by atoms with E-state index in [1.807, 2.05) is 13.8 Å². The Morgan fingerprint density at radius 2 is 2.00 bits per heavy atom. The van der Waals surface area contributed by atoms with Gasteiger partial charge in [0.25, 0.3) is 6.43 Å². The molecule has 0 amide bonds. The SMILES string of the molecule is CC(C)CNc1ccc(N)cc1C(F)F. The molecule has 0 aliphatic heterocycles. The van der Waals surface area contributed by atoms with Gasteiger partial charge in [-0.3, -0.25) is 0 Å². The number of nitrogens with one attached hydrogen (secondary N) is 1. The van der Waals surface area contributed by atoms with Crippen molar-refractivity contribution < 1.29 is 8.78 Å². The molecular weight excluding hydrogens is 198 g/mol. The maximum absolute atomic E-state index is 12.6. The Morgan fingerprint density at radius 3 is 2.53 bits per heavy atom. The zero-order valence-corrected chi connectivity index (χ0v) is 8.93. The average molecular weight is 214 g/mol. The summed E-state index contributed by atoms with van der Waals surface area (Å²) in [5.41, 5.74) is 6.26. The molecule has 0 radical (unpaired) electrons. The molecule has 15 heavy (non-hydrogen) atoms. The second-order valence-corrected chi connectivity index (χ2v) is 3.92. The first-order valence-electron chi connectivity index (χ1n) is 4.92. The van der Waals surface area contributed by atoms with Crippen molar-refractivity contribution in [3.63, 3.8) is 0 Å². The van der Waals surface area contributed by atoms with E-state index < -0.39 is 6.43 Å². The summed E-state index contributed by atoms with van der Waals surface area (Å²) in [5, 5.41) is 2.99. The minimum Gasteiger partial charge on any atom is -0.399 e. The van der Waals surface area contributed by atoms with E-state index in [0.29, 0.717) is 23.8 Å². The summed E-state index contributed by atoms with van der Waals surface area (Å²) in [6, 6.07) is 4.53. The zero-order chi connectivity index (χ0) is 11.4. The minimum atomic E-state index is -2.50. The van der Waals surface area contributed by atoms with Crippen LogP contribution in [0.3, 0.4) is 0 Å². The third-order valence-electron chi connectivity index (χ3n) is 2.01. The van der Waals surface area contributed by atoms with Gasteiger partial charge < -0.3 is 11.1 Å². The van der Waals surface area contributed by atoms with Gasteiger partial charge in [0.05, 0.1) is 0 Å². The molecule has 0 heterocycles. The van der Waals surface area contributed by atoms with Crippen LogP contribution in [0.4, 0.5) is 20.2 Å². The van der Waals surface area contributed by atoms with Crippen molar-refractivity contribution in [2.75, 3.05) is 17.6 Å². The van der Waals surface area contributed by atoms with Gasteiger partial charge in [0.15, 0.2) is 0 Å². The molecular formula is C11H16F2N2. The Labute approximate surface area is 88.5 Å². The Balaban J connectivity index is 2.86. The second kappa shape index (κ2) is 4.96. The maximum Gasteiger partial charge on any atom is 0.265 e. The fraction of sp³-hybridized carbons (Fsp3) is 0.455. The van der Waals surface area contributed by atoms with Gasteiger partial charge in [0, 0.05) is 23.5 Å². The largest absolute Gasteiger partial charge is 0.399 e. The van der Waals surface area contributed by atoms with E-state index >= 15 is 0 Å². The molecule has 3 N–H and O–H groups in total. The van der Waals surface area contributed by atoms with Crippen LogP contribution in [-0.2, 0) is 0 Å². The molecule has 0 bridgehead atoms. The van der Waals surface area contributed by atoms with Crippen LogP contribution >= 0.6 is 0 Å². The highest BCUT2D eigenvalue weighted by atomic mass is 19.3. The number of halogens is 2. The highest BCUT2D eigenvalue weighted by molar-refractivity contribution is 5.58. The first-order chi connectivity index (χ1) is 7.00. The lowest BCUT2D eigenvalue weighted by Crippen LogP contribution is -2.10. The van der Waals surface area contributed by atoms with Crippen LogP contribution in [0.1, 0.15) is 25.8 Å². The first kappa shape index (κ1) is 11.8. The molecule has 1 aromatic rings. The maximum atomic E-state index is 12.6. The summed E-state index contributed by atoms with van der Waals surface area (Å²) in [6.45, 7) is 4.71. The Hall–Kier alpha value is -1.32. The summed E-state index contributed by atoms with van der Waals surface area (Å²) in [6.07, 6.45) is -2.50. The number of rotatable bonds is 4. The molecule has 4 heteroatoms. The molecule has 0 fully saturated rings. The molecule has 0 saturated heterocycles. The van der Waals surface area contributed by atoms with Crippen molar-refractivity contribution >= 4 is 11.4 Å². The van der Waals surface area contributed by atoms with Gasteiger partial charge in [-0.15, -0.1) is 0 Å². The molecule has 1 rings (SSSR count). The molecule has 0 aliphatic rings. The van der Waals surface area contributed by atoms with Crippen molar-refractivity contribution in [1.82, 2.24) is 0 Å². The molecule has 0 atom stereocenters. The van der Waals surface area contributed by atoms with E-state index in [9.17, 15) is 8.78 Å². The summed E-state index contributed by atoms with van der Waals surface area (Å²) in [5.74, 6) is 0.410. The van der Waals surface area contributed by atoms with E-state index in [0.717, 1.165) is 0 Å². The predicted octanol–water partition coefficient (Wildman–Crippen LogP) is 3.27. The van der Waals surface area contributed by atoms with Crippen LogP contribution in [0, 0.1) is 5.92 Å². The molecule has 84 valence electrons. The number of hydrogen-bond donors (Lipinski definition) is 2. The monoisotopic (exact) mass is 214 g/mol. The van der Waals surface area contributed by atoms with Gasteiger partial charge in [-0.2, -0.15) is 0 Å². The van der Waals surface area contributed by atoms with Gasteiger partial charge in [0.1, 0.15) is 0 Å². The van der Waals surface area contributed by atoms with Crippen LogP contribution in [0.15, 0.2) is 18.2 Å². The molecule has 0 aromatic heterocycles. The normalized spacial score (nSPS) is 11.1. The van der Waals surface area contributed by atoms with Crippen molar-refractivity contribution in [2.24, 2.45) is 5.92 Å². The van der Waals surface area contributed by atoms with Crippen LogP contribution in [-0.4, -0.2) is 6.54 Å². The lowest BCUT2D eigenvalue weighted by Gasteiger charge is -2.13. The molecule has 0 unspecified atom stereocenters. The molecule has 0 saturated carbocycles. The molecule has 0 aliphatic carbocycles. The Kier molecular flexibility index (Phi) is 3.88. The lowest BCUT2D eigenvalue weighted by atomic mass is 10.1. The lowest BCUT2D eigenvalue weighted by molar-refractivity contribution is 0.152. The standard InChI is InChI=1S/C11H16F2N2/c1-7(2)6-15-10-4-3-8(14)5-9(10)11(12)13/h3-5,7,11,15H,6,14H2,1-2H3. The summed E-state index contributed by atoms with van der Waals surface area (Å²) in [7, 11) is 0. The number of alkyl halides is 2. The van der Waals surface area contributed by atoms with E-state index in [1.54, 1.807) is 12.1 Å². The van der Waals surface area contributed by atoms with Crippen LogP contribution in [0.25, 0.3) is 0 Å². The van der Waals surface area contributed by atoms with Crippen molar-refractivity contribution in [2.45, 2.75) is 20.3 Å². The first-order valence-corrected chi connectivity index (χ1v) is 4.92. The zero-order valence-electron chi connectivity index (χ0n) is 8.93. The number of nitrogen functional groups attached to an aromatic ring is 1. The average Bonchev–Trinajstić information content (AvgIpc) is 2.15. The molecule has 1 aromatic carbocycles. The topological polar surface area (TPSA) is 38.0 Å². The Bertz CT molecular complexity index is 324. The third kappa shape index (κ3) is 3.38.